The highest BCUT2D eigenvalue weighted by molar-refractivity contribution is 5.93. The minimum atomic E-state index is -0.978. The Kier molecular flexibility index (Phi) is 15.3. The van der Waals surface area contributed by atoms with Crippen molar-refractivity contribution >= 4 is 17.8 Å². The third-order valence-corrected chi connectivity index (χ3v) is 5.29. The third kappa shape index (κ3) is 14.0. The maximum atomic E-state index is 12.8. The lowest BCUT2D eigenvalue weighted by molar-refractivity contribution is -0.885. The molecule has 0 unspecified atom stereocenters. The summed E-state index contributed by atoms with van der Waals surface area (Å²) >= 11 is 0. The molecule has 0 saturated heterocycles. The van der Waals surface area contributed by atoms with Crippen molar-refractivity contribution in [3.63, 3.8) is 0 Å². The molecule has 8 heteroatoms. The summed E-state index contributed by atoms with van der Waals surface area (Å²) in [6.45, 7) is 10.4. The van der Waals surface area contributed by atoms with E-state index in [0.717, 1.165) is 51.5 Å². The number of carbonyl (C=O) groups excluding carboxylic acids is 2. The fourth-order valence-corrected chi connectivity index (χ4v) is 3.47. The Hall–Kier alpha value is -2.19. The Labute approximate surface area is 194 Å². The molecule has 0 heterocycles. The van der Waals surface area contributed by atoms with Crippen LogP contribution in [0.1, 0.15) is 65.2 Å². The number of aliphatic carboxylic acids is 1. The molecular weight excluding hydrogens is 408 g/mol. The predicted octanol–water partition coefficient (Wildman–Crippen LogP) is 2.65. The van der Waals surface area contributed by atoms with E-state index in [9.17, 15) is 14.4 Å². The van der Waals surface area contributed by atoms with Crippen LogP contribution in [0, 0.1) is 0 Å². The van der Waals surface area contributed by atoms with Crippen molar-refractivity contribution in [1.82, 2.24) is 10.2 Å². The lowest BCUT2D eigenvalue weighted by Gasteiger charge is -2.31. The van der Waals surface area contributed by atoms with Crippen LogP contribution >= 0.6 is 0 Å². The van der Waals surface area contributed by atoms with Crippen molar-refractivity contribution in [3.8, 4) is 0 Å². The molecule has 0 radical (unpaired) electrons. The molecule has 0 rings (SSSR count). The first-order chi connectivity index (χ1) is 15.0. The summed E-state index contributed by atoms with van der Waals surface area (Å²) in [7, 11) is 3.91. The fraction of sp³-hybridized carbons (Fsp3) is 0.708. The second-order valence-corrected chi connectivity index (χ2v) is 9.07. The Balaban J connectivity index is 4.55. The molecule has 0 aromatic carbocycles. The number of nitrogens with two attached hydrogens (primary N) is 1. The van der Waals surface area contributed by atoms with E-state index >= 15 is 0 Å². The lowest BCUT2D eigenvalue weighted by Crippen LogP contribution is -2.44. The number of hydrogen-bond donors (Lipinski definition) is 3. The standard InChI is InChI=1S/C24H44N4O4/c1-6-15-27(16-12-17-28(4,5)19-21(3)24(31)32)23(30)20(2)18-26-22(29)13-10-8-7-9-11-14-25/h18H,3,6-17,19,25H2,1-2,4-5H3,(H-,26,29,30,31,32)/p+1. The van der Waals surface area contributed by atoms with Gasteiger partial charge in [-0.3, -0.25) is 9.59 Å². The van der Waals surface area contributed by atoms with Crippen LogP contribution in [0.3, 0.4) is 0 Å². The second kappa shape index (κ2) is 16.4. The van der Waals surface area contributed by atoms with Crippen molar-refractivity contribution in [1.29, 1.82) is 0 Å². The molecule has 0 aliphatic heterocycles. The number of hydrogen-bond acceptors (Lipinski definition) is 4. The number of carboxylic acids is 1. The molecule has 2 amide bonds. The molecule has 0 atom stereocenters. The van der Waals surface area contributed by atoms with Crippen LogP contribution < -0.4 is 11.1 Å². The van der Waals surface area contributed by atoms with Gasteiger partial charge in [0.05, 0.1) is 26.2 Å². The van der Waals surface area contributed by atoms with Crippen LogP contribution in [-0.2, 0) is 14.4 Å². The average Bonchev–Trinajstić information content (AvgIpc) is 2.72. The smallest absolute Gasteiger partial charge is 0.336 e. The van der Waals surface area contributed by atoms with E-state index in [1.807, 2.05) is 21.0 Å². The molecular formula is C24H45N4O4+. The summed E-state index contributed by atoms with van der Waals surface area (Å²) in [5.41, 5.74) is 6.16. The largest absolute Gasteiger partial charge is 0.478 e. The van der Waals surface area contributed by atoms with Gasteiger partial charge in [-0.15, -0.1) is 0 Å². The van der Waals surface area contributed by atoms with E-state index in [1.165, 1.54) is 6.20 Å². The summed E-state index contributed by atoms with van der Waals surface area (Å²) in [5.74, 6) is -1.14. The van der Waals surface area contributed by atoms with E-state index < -0.39 is 5.97 Å². The number of carboxylic acid groups (broad SMARTS) is 1. The minimum absolute atomic E-state index is 0.0734. The Morgan fingerprint density at radius 3 is 2.28 bits per heavy atom. The van der Waals surface area contributed by atoms with Gasteiger partial charge in [-0.05, 0) is 32.7 Å². The molecule has 0 aromatic heterocycles. The van der Waals surface area contributed by atoms with Crippen LogP contribution in [-0.4, -0.2) is 79.1 Å². The zero-order chi connectivity index (χ0) is 24.6. The van der Waals surface area contributed by atoms with Crippen LogP contribution in [0.4, 0.5) is 0 Å². The van der Waals surface area contributed by atoms with Gasteiger partial charge in [0.1, 0.15) is 6.54 Å². The van der Waals surface area contributed by atoms with E-state index in [4.69, 9.17) is 10.8 Å². The molecule has 0 spiro atoms. The van der Waals surface area contributed by atoms with Crippen molar-refractivity contribution in [2.45, 2.75) is 65.2 Å². The summed E-state index contributed by atoms with van der Waals surface area (Å²) < 4.78 is 0.496. The molecule has 0 aliphatic carbocycles. The van der Waals surface area contributed by atoms with Gasteiger partial charge in [0.25, 0.3) is 5.91 Å². The maximum Gasteiger partial charge on any atom is 0.336 e. The normalized spacial score (nSPS) is 11.8. The van der Waals surface area contributed by atoms with E-state index in [-0.39, 0.29) is 17.4 Å². The molecule has 184 valence electrons. The summed E-state index contributed by atoms with van der Waals surface area (Å²) in [5, 5.41) is 11.8. The first-order valence-corrected chi connectivity index (χ1v) is 11.7. The molecule has 0 saturated carbocycles. The monoisotopic (exact) mass is 453 g/mol. The maximum absolute atomic E-state index is 12.8. The van der Waals surface area contributed by atoms with Crippen molar-refractivity contribution in [2.24, 2.45) is 5.73 Å². The highest BCUT2D eigenvalue weighted by atomic mass is 16.4. The Morgan fingerprint density at radius 1 is 1.06 bits per heavy atom. The summed E-state index contributed by atoms with van der Waals surface area (Å²) in [4.78, 5) is 37.7. The third-order valence-electron chi connectivity index (χ3n) is 5.29. The summed E-state index contributed by atoms with van der Waals surface area (Å²) in [6, 6.07) is 0. The van der Waals surface area contributed by atoms with Crippen molar-refractivity contribution in [2.75, 3.05) is 46.8 Å². The molecule has 0 fully saturated rings. The van der Waals surface area contributed by atoms with Gasteiger partial charge in [-0.1, -0.05) is 32.8 Å². The molecule has 8 nitrogen and oxygen atoms in total. The number of quaternary nitrogens is 1. The van der Waals surface area contributed by atoms with E-state index in [2.05, 4.69) is 11.9 Å². The first-order valence-electron chi connectivity index (χ1n) is 11.7. The van der Waals surface area contributed by atoms with Crippen LogP contribution in [0.2, 0.25) is 0 Å². The Bertz CT molecular complexity index is 644. The molecule has 0 aromatic rings. The highest BCUT2D eigenvalue weighted by Crippen LogP contribution is 2.09. The molecule has 4 N–H and O–H groups in total. The van der Waals surface area contributed by atoms with Gasteiger partial charge in [-0.25, -0.2) is 4.79 Å². The number of likely N-dealkylation sites (N-methyl/N-ethyl adjacent to an activating group) is 1. The number of unbranched alkanes of at least 4 members (excludes halogenated alkanes) is 4. The molecule has 0 bridgehead atoms. The van der Waals surface area contributed by atoms with E-state index in [0.29, 0.717) is 42.7 Å². The van der Waals surface area contributed by atoms with Crippen LogP contribution in [0.15, 0.2) is 23.9 Å². The quantitative estimate of drug-likeness (QED) is 0.168. The number of amides is 2. The number of carbonyl (C=O) groups is 3. The second-order valence-electron chi connectivity index (χ2n) is 9.07. The first kappa shape index (κ1) is 29.8. The van der Waals surface area contributed by atoms with Gasteiger partial charge in [0, 0.05) is 37.7 Å². The topological polar surface area (TPSA) is 113 Å². The number of nitrogens with zero attached hydrogens (tertiary/aromatic N) is 2. The van der Waals surface area contributed by atoms with Crippen LogP contribution in [0.25, 0.3) is 0 Å². The SMILES string of the molecule is C=C(C[N+](C)(C)CCCN(CCC)C(=O)C(C)=CNC(=O)CCCCCCCN)C(=O)O. The number of nitrogens with one attached hydrogen (secondary N) is 1. The van der Waals surface area contributed by atoms with Crippen molar-refractivity contribution < 1.29 is 24.0 Å². The average molecular weight is 454 g/mol. The highest BCUT2D eigenvalue weighted by Gasteiger charge is 2.21. The van der Waals surface area contributed by atoms with Gasteiger partial charge < -0.3 is 25.5 Å². The molecule has 32 heavy (non-hydrogen) atoms. The predicted molar refractivity (Wildman–Crippen MR) is 129 cm³/mol. The zero-order valence-electron chi connectivity index (χ0n) is 20.6. The Morgan fingerprint density at radius 2 is 1.69 bits per heavy atom. The van der Waals surface area contributed by atoms with E-state index in [1.54, 1.807) is 11.8 Å². The van der Waals surface area contributed by atoms with Gasteiger partial charge >= 0.3 is 5.97 Å². The molecule has 0 aliphatic rings. The summed E-state index contributed by atoms with van der Waals surface area (Å²) in [6.07, 6.45) is 8.60. The minimum Gasteiger partial charge on any atom is -0.478 e. The zero-order valence-corrected chi connectivity index (χ0v) is 20.6. The van der Waals surface area contributed by atoms with Gasteiger partial charge in [0.15, 0.2) is 0 Å². The van der Waals surface area contributed by atoms with Gasteiger partial charge in [-0.2, -0.15) is 0 Å². The van der Waals surface area contributed by atoms with Crippen molar-refractivity contribution in [3.05, 3.63) is 23.9 Å². The lowest BCUT2D eigenvalue weighted by atomic mass is 10.1. The van der Waals surface area contributed by atoms with Gasteiger partial charge in [0.2, 0.25) is 5.91 Å². The fourth-order valence-electron chi connectivity index (χ4n) is 3.47. The van der Waals surface area contributed by atoms with Crippen LogP contribution in [0.5, 0.6) is 0 Å². The number of rotatable bonds is 18.